The summed E-state index contributed by atoms with van der Waals surface area (Å²) in [6, 6.07) is 0. The third-order valence-corrected chi connectivity index (χ3v) is 8.77. The summed E-state index contributed by atoms with van der Waals surface area (Å²) in [5.74, 6) is -3.21. The van der Waals surface area contributed by atoms with Crippen LogP contribution in [-0.2, 0) is 52.8 Å². The van der Waals surface area contributed by atoms with Crippen molar-refractivity contribution in [3.8, 4) is 0 Å². The van der Waals surface area contributed by atoms with Crippen molar-refractivity contribution >= 4 is 59.1 Å². The zero-order valence-electron chi connectivity index (χ0n) is 37.2. The molecule has 0 aromatic heterocycles. The molecule has 0 aromatic carbocycles. The van der Waals surface area contributed by atoms with Crippen molar-refractivity contribution in [1.82, 2.24) is 30.8 Å². The van der Waals surface area contributed by atoms with E-state index in [2.05, 4.69) is 55.4 Å². The minimum Gasteiger partial charge on any atom is -0.359 e. The van der Waals surface area contributed by atoms with Gasteiger partial charge < -0.3 is 20.8 Å². The number of unbranched alkanes of at least 4 members (excludes halogenated alkanes) is 7. The maximum absolute atomic E-state index is 11.6. The molecule has 0 aromatic rings. The van der Waals surface area contributed by atoms with Crippen molar-refractivity contribution in [3.63, 3.8) is 0 Å². The van der Waals surface area contributed by atoms with Crippen LogP contribution >= 0.6 is 0 Å². The summed E-state index contributed by atoms with van der Waals surface area (Å²) in [7, 11) is 3.30. The first-order valence-corrected chi connectivity index (χ1v) is 21.5. The molecule has 1 fully saturated rings. The average molecular weight is 849 g/mol. The molecule has 3 aliphatic heterocycles. The van der Waals surface area contributed by atoms with Gasteiger partial charge in [-0.1, -0.05) is 86.0 Å². The molecule has 0 atom stereocenters. The molecule has 0 saturated carbocycles. The van der Waals surface area contributed by atoms with E-state index in [4.69, 9.17) is 0 Å². The van der Waals surface area contributed by atoms with Gasteiger partial charge in [0.05, 0.1) is 0 Å². The number of rotatable bonds is 22. The number of hydrogen-bond donors (Lipinski definition) is 3. The van der Waals surface area contributed by atoms with Crippen LogP contribution in [0, 0.1) is 0 Å². The Bertz CT molecular complexity index is 1370. The number of carbonyl (C=O) groups is 10. The fourth-order valence-electron chi connectivity index (χ4n) is 4.75. The molecule has 60 heavy (non-hydrogen) atoms. The molecule has 9 amide bonds. The molecule has 1 saturated heterocycles. The van der Waals surface area contributed by atoms with Crippen LogP contribution in [0.3, 0.4) is 0 Å². The highest BCUT2D eigenvalue weighted by Crippen LogP contribution is 2.13. The van der Waals surface area contributed by atoms with Gasteiger partial charge >= 0.3 is 5.97 Å². The van der Waals surface area contributed by atoms with Crippen molar-refractivity contribution in [2.45, 2.75) is 157 Å². The monoisotopic (exact) mass is 849 g/mol. The van der Waals surface area contributed by atoms with Gasteiger partial charge in [0.15, 0.2) is 0 Å². The summed E-state index contributed by atoms with van der Waals surface area (Å²) in [4.78, 5) is 119. The predicted octanol–water partition coefficient (Wildman–Crippen LogP) is 4.73. The van der Waals surface area contributed by atoms with Crippen LogP contribution < -0.4 is 16.0 Å². The summed E-state index contributed by atoms with van der Waals surface area (Å²) >= 11 is 0. The maximum atomic E-state index is 11.6. The van der Waals surface area contributed by atoms with Gasteiger partial charge in [0.25, 0.3) is 35.4 Å². The van der Waals surface area contributed by atoms with E-state index in [1.807, 2.05) is 0 Å². The predicted molar refractivity (Wildman–Crippen MR) is 227 cm³/mol. The smallest absolute Gasteiger partial charge is 0.333 e. The Morgan fingerprint density at radius 1 is 0.500 bits per heavy atom. The number of nitrogens with zero attached hydrogens (tertiary/aromatic N) is 3. The molecule has 0 spiro atoms. The lowest BCUT2D eigenvalue weighted by atomic mass is 10.1. The van der Waals surface area contributed by atoms with Crippen LogP contribution in [-0.4, -0.2) is 108 Å². The van der Waals surface area contributed by atoms with Gasteiger partial charge in [-0.15, -0.1) is 5.06 Å². The third kappa shape index (κ3) is 28.2. The lowest BCUT2D eigenvalue weighted by Gasteiger charge is -2.14. The molecule has 3 N–H and O–H groups in total. The first-order chi connectivity index (χ1) is 28.7. The SMILES string of the molecule is CCCC.CCCC.CCCCCCC(=O)NC.CNC(=O)CCCCCNC(=O)CCCN1C(=O)C=CC1=O.O=C(CCCN1C(=O)C=CC1=O)ON1C(=O)CCC1=O. The summed E-state index contributed by atoms with van der Waals surface area (Å²) in [5, 5.41) is 8.42. The van der Waals surface area contributed by atoms with Gasteiger partial charge in [-0.05, 0) is 32.1 Å². The van der Waals surface area contributed by atoms with Crippen molar-refractivity contribution in [2.24, 2.45) is 0 Å². The normalized spacial score (nSPS) is 13.7. The van der Waals surface area contributed by atoms with Gasteiger partial charge in [-0.2, -0.15) is 0 Å². The van der Waals surface area contributed by atoms with Crippen LogP contribution in [0.2, 0.25) is 0 Å². The quantitative estimate of drug-likeness (QED) is 0.0998. The van der Waals surface area contributed by atoms with E-state index in [1.165, 1.54) is 57.1 Å². The van der Waals surface area contributed by atoms with Crippen LogP contribution in [0.1, 0.15) is 157 Å². The highest BCUT2D eigenvalue weighted by atomic mass is 16.7. The zero-order chi connectivity index (χ0) is 45.7. The lowest BCUT2D eigenvalue weighted by molar-refractivity contribution is -0.197. The first kappa shape index (κ1) is 56.9. The number of amides is 9. The summed E-state index contributed by atoms with van der Waals surface area (Å²) in [5.41, 5.74) is 0. The second-order valence-corrected chi connectivity index (χ2v) is 13.9. The van der Waals surface area contributed by atoms with Crippen LogP contribution in [0.15, 0.2) is 24.3 Å². The second-order valence-electron chi connectivity index (χ2n) is 13.9. The molecule has 0 radical (unpaired) electrons. The van der Waals surface area contributed by atoms with Crippen molar-refractivity contribution in [2.75, 3.05) is 33.7 Å². The summed E-state index contributed by atoms with van der Waals surface area (Å²) < 4.78 is 0. The Hall–Kier alpha value is -5.22. The standard InChI is InChI=1S/C15H23N3O4.C12H12N2O6.C8H17NO.2C4H10/c1-16-12(19)6-3-2-4-10-17-13(20)7-5-11-18-14(21)8-9-15(18)22;15-8-3-4-9(16)13(8)7-1-2-12(19)20-14-10(17)5-6-11(14)18;1-3-4-5-6-7-8(10)9-2;2*1-3-4-2/h8-9H,2-7,10-11H2,1H3,(H,16,19)(H,17,20);3-4H,1-2,5-7H2;3-7H2,1-2H3,(H,9,10);2*3-4H2,1-2H3. The van der Waals surface area contributed by atoms with Crippen LogP contribution in [0.5, 0.6) is 0 Å². The third-order valence-electron chi connectivity index (χ3n) is 8.77. The van der Waals surface area contributed by atoms with E-state index >= 15 is 0 Å². The fourth-order valence-corrected chi connectivity index (χ4v) is 4.75. The van der Waals surface area contributed by atoms with Crippen molar-refractivity contribution in [1.29, 1.82) is 0 Å². The highest BCUT2D eigenvalue weighted by molar-refractivity contribution is 6.13. The van der Waals surface area contributed by atoms with Crippen molar-refractivity contribution in [3.05, 3.63) is 24.3 Å². The van der Waals surface area contributed by atoms with Gasteiger partial charge in [0, 0.05) is 96.6 Å². The minimum absolute atomic E-state index is 0.0320. The molecular formula is C43H72N6O11. The fraction of sp³-hybridized carbons (Fsp3) is 0.674. The Kier molecular flexibility index (Phi) is 34.9. The molecule has 3 rings (SSSR count). The van der Waals surface area contributed by atoms with E-state index in [0.29, 0.717) is 30.9 Å². The number of carbonyl (C=O) groups excluding carboxylic acids is 10. The maximum Gasteiger partial charge on any atom is 0.333 e. The van der Waals surface area contributed by atoms with E-state index in [-0.39, 0.29) is 74.7 Å². The van der Waals surface area contributed by atoms with Gasteiger partial charge in [-0.25, -0.2) is 4.79 Å². The molecule has 340 valence electrons. The van der Waals surface area contributed by atoms with Gasteiger partial charge in [0.1, 0.15) is 0 Å². The zero-order valence-corrected chi connectivity index (χ0v) is 37.2. The average Bonchev–Trinajstić information content (AvgIpc) is 3.87. The second kappa shape index (κ2) is 36.8. The Balaban J connectivity index is 0. The molecule has 3 aliphatic rings. The molecule has 17 nitrogen and oxygen atoms in total. The largest absolute Gasteiger partial charge is 0.359 e. The van der Waals surface area contributed by atoms with Crippen molar-refractivity contribution < 1.29 is 52.8 Å². The number of hydroxylamine groups is 2. The minimum atomic E-state index is -0.749. The lowest BCUT2D eigenvalue weighted by Crippen LogP contribution is -2.33. The van der Waals surface area contributed by atoms with Crippen LogP contribution in [0.4, 0.5) is 0 Å². The first-order valence-electron chi connectivity index (χ1n) is 21.5. The highest BCUT2D eigenvalue weighted by Gasteiger charge is 2.33. The van der Waals surface area contributed by atoms with E-state index in [1.54, 1.807) is 14.1 Å². The molecule has 0 aliphatic carbocycles. The van der Waals surface area contributed by atoms with Crippen LogP contribution in [0.25, 0.3) is 0 Å². The van der Waals surface area contributed by atoms with Gasteiger partial charge in [0.2, 0.25) is 17.7 Å². The number of nitrogens with one attached hydrogen (secondary N) is 3. The molecular weight excluding hydrogens is 777 g/mol. The Morgan fingerprint density at radius 2 is 0.883 bits per heavy atom. The Labute approximate surface area is 356 Å². The Morgan fingerprint density at radius 3 is 1.27 bits per heavy atom. The number of hydrogen-bond acceptors (Lipinski definition) is 11. The topological polar surface area (TPSA) is 226 Å². The summed E-state index contributed by atoms with van der Waals surface area (Å²) in [6.07, 6.45) is 19.4. The summed E-state index contributed by atoms with van der Waals surface area (Å²) in [6.45, 7) is 11.8. The molecule has 3 heterocycles. The number of imide groups is 3. The molecule has 0 unspecified atom stereocenters. The van der Waals surface area contributed by atoms with Gasteiger partial charge in [-0.3, -0.25) is 53.0 Å². The van der Waals surface area contributed by atoms with E-state index in [9.17, 15) is 47.9 Å². The molecule has 0 bridgehead atoms. The van der Waals surface area contributed by atoms with E-state index in [0.717, 1.165) is 47.6 Å². The van der Waals surface area contributed by atoms with E-state index < -0.39 is 29.6 Å². The molecule has 17 heteroatoms.